The Balaban J connectivity index is 1.29. The molecule has 0 N–H and O–H groups in total. The van der Waals surface area contributed by atoms with E-state index in [1.54, 1.807) is 0 Å². The van der Waals surface area contributed by atoms with Crippen LogP contribution in [0.5, 0.6) is 0 Å². The van der Waals surface area contributed by atoms with Gasteiger partial charge in [-0.25, -0.2) is 0 Å². The molecule has 2 unspecified atom stereocenters. The molecule has 2 heteroatoms. The van der Waals surface area contributed by atoms with Crippen molar-refractivity contribution in [3.8, 4) is 5.69 Å². The van der Waals surface area contributed by atoms with E-state index in [0.717, 1.165) is 32.3 Å². The first-order chi connectivity index (χ1) is 31.1. The van der Waals surface area contributed by atoms with Gasteiger partial charge in [0.05, 0.1) is 23.6 Å². The number of fused-ring (bicyclic) bond motifs is 3. The van der Waals surface area contributed by atoms with Crippen molar-refractivity contribution < 1.29 is 6.85 Å². The molecule has 1 heterocycles. The van der Waals surface area contributed by atoms with Crippen LogP contribution in [0.3, 0.4) is 0 Å². The van der Waals surface area contributed by atoms with Crippen LogP contribution in [0.4, 0.5) is 0 Å². The number of benzene rings is 8. The van der Waals surface area contributed by atoms with E-state index < -0.39 is 8.07 Å². The zero-order valence-corrected chi connectivity index (χ0v) is 36.1. The van der Waals surface area contributed by atoms with Crippen molar-refractivity contribution in [3.05, 3.63) is 232 Å². The molecule has 0 spiro atoms. The highest BCUT2D eigenvalue weighted by Gasteiger charge is 2.50. The fourth-order valence-corrected chi connectivity index (χ4v) is 15.5. The third-order valence-electron chi connectivity index (χ3n) is 13.5. The van der Waals surface area contributed by atoms with Gasteiger partial charge in [-0.15, -0.1) is 0 Å². The summed E-state index contributed by atoms with van der Waals surface area (Å²) in [5.41, 5.74) is 13.4. The zero-order valence-electron chi connectivity index (χ0n) is 40.1. The summed E-state index contributed by atoms with van der Waals surface area (Å²) in [6.07, 6.45) is 0. The molecule has 60 heavy (non-hydrogen) atoms. The quantitative estimate of drug-likeness (QED) is 0.121. The number of aromatic nitrogens is 1. The molecule has 1 nitrogen and oxygen atoms in total. The van der Waals surface area contributed by atoms with Gasteiger partial charge >= 0.3 is 0 Å². The fraction of sp³-hybridized carbons (Fsp3) is 0.172. The first-order valence-corrected chi connectivity index (χ1v) is 23.3. The smallest absolute Gasteiger partial charge is 0.179 e. The molecule has 0 aliphatic heterocycles. The summed E-state index contributed by atoms with van der Waals surface area (Å²) in [6, 6.07) is 55.7. The van der Waals surface area contributed by atoms with Gasteiger partial charge in [-0.2, -0.15) is 0 Å². The molecular formula is C58H51NSi. The minimum absolute atomic E-state index is 0.0344. The van der Waals surface area contributed by atoms with Crippen LogP contribution in [0.25, 0.3) is 27.5 Å². The fourth-order valence-electron chi connectivity index (χ4n) is 10.7. The molecule has 0 saturated carbocycles. The lowest BCUT2D eigenvalue weighted by Crippen LogP contribution is -2.75. The van der Waals surface area contributed by atoms with Gasteiger partial charge in [0.1, 0.15) is 0 Å². The summed E-state index contributed by atoms with van der Waals surface area (Å²) in [5.74, 6) is -0.319. The molecule has 2 atom stereocenters. The van der Waals surface area contributed by atoms with Gasteiger partial charge in [0.25, 0.3) is 0 Å². The molecule has 8 aromatic carbocycles. The highest BCUT2D eigenvalue weighted by atomic mass is 28.3. The molecule has 3 aliphatic carbocycles. The minimum Gasteiger partial charge on any atom is -0.309 e. The second-order valence-electron chi connectivity index (χ2n) is 18.9. The van der Waals surface area contributed by atoms with E-state index in [9.17, 15) is 2.74 Å². The van der Waals surface area contributed by atoms with Crippen molar-refractivity contribution in [2.45, 2.75) is 64.2 Å². The molecule has 2 bridgehead atoms. The van der Waals surface area contributed by atoms with Crippen LogP contribution < -0.4 is 20.7 Å². The molecule has 0 saturated heterocycles. The summed E-state index contributed by atoms with van der Waals surface area (Å²) in [7, 11) is -3.76. The van der Waals surface area contributed by atoms with Gasteiger partial charge in [0.2, 0.25) is 0 Å². The molecular weight excluding hydrogens is 739 g/mol. The number of nitrogens with zero attached hydrogens (tertiary/aromatic N) is 1. The van der Waals surface area contributed by atoms with E-state index >= 15 is 0 Å². The Labute approximate surface area is 363 Å². The van der Waals surface area contributed by atoms with Gasteiger partial charge in [-0.1, -0.05) is 199 Å². The van der Waals surface area contributed by atoms with Crippen LogP contribution in [-0.4, -0.2) is 12.6 Å². The van der Waals surface area contributed by atoms with Crippen molar-refractivity contribution in [2.75, 3.05) is 0 Å². The SMILES string of the molecule is [2H]c1c([2H])c([2H])c([Si](c2ccccc2)(c2ccccc2)c2cccc3c2C2c4ccccc4C3c3cccc(-n4c5ccc(C(C)(C)C)cc5c5cc(C(C)(C)C)ccc54)c32)c([2H])c1[2H]. The maximum atomic E-state index is 9.77. The number of hydrogen-bond donors (Lipinski definition) is 0. The summed E-state index contributed by atoms with van der Waals surface area (Å²) in [5, 5.41) is 5.83. The molecule has 9 aromatic rings. The van der Waals surface area contributed by atoms with Crippen LogP contribution in [0.15, 0.2) is 188 Å². The Bertz CT molecular complexity index is 3270. The van der Waals surface area contributed by atoms with Crippen LogP contribution >= 0.6 is 0 Å². The van der Waals surface area contributed by atoms with Crippen molar-refractivity contribution in [1.82, 2.24) is 4.57 Å². The average molecular weight is 795 g/mol. The van der Waals surface area contributed by atoms with Crippen LogP contribution in [0.2, 0.25) is 0 Å². The zero-order chi connectivity index (χ0) is 45.3. The van der Waals surface area contributed by atoms with E-state index in [1.807, 2.05) is 36.4 Å². The van der Waals surface area contributed by atoms with Crippen LogP contribution in [-0.2, 0) is 10.8 Å². The van der Waals surface area contributed by atoms with Crippen LogP contribution in [0.1, 0.15) is 105 Å². The van der Waals surface area contributed by atoms with Crippen LogP contribution in [0, 0.1) is 0 Å². The van der Waals surface area contributed by atoms with Crippen molar-refractivity contribution in [3.63, 3.8) is 0 Å². The lowest BCUT2D eigenvalue weighted by molar-refractivity contribution is 0.590. The second kappa shape index (κ2) is 13.4. The van der Waals surface area contributed by atoms with E-state index in [2.05, 4.69) is 167 Å². The first-order valence-electron chi connectivity index (χ1n) is 23.8. The summed E-state index contributed by atoms with van der Waals surface area (Å²) in [4.78, 5) is 0. The minimum atomic E-state index is -3.76. The summed E-state index contributed by atoms with van der Waals surface area (Å²) in [6.45, 7) is 13.7. The second-order valence-corrected chi connectivity index (χ2v) is 22.6. The molecule has 292 valence electrons. The van der Waals surface area contributed by atoms with Crippen molar-refractivity contribution in [2.24, 2.45) is 0 Å². The molecule has 0 radical (unpaired) electrons. The molecule has 0 fully saturated rings. The predicted octanol–water partition coefficient (Wildman–Crippen LogP) is 11.7. The van der Waals surface area contributed by atoms with E-state index in [-0.39, 0.29) is 52.9 Å². The van der Waals surface area contributed by atoms with Gasteiger partial charge in [-0.05, 0) is 106 Å². The Kier molecular flexibility index (Phi) is 7.07. The van der Waals surface area contributed by atoms with Gasteiger partial charge < -0.3 is 4.57 Å². The maximum absolute atomic E-state index is 9.77. The topological polar surface area (TPSA) is 4.93 Å². The number of rotatable bonds is 5. The summed E-state index contributed by atoms with van der Waals surface area (Å²) >= 11 is 0. The number of hydrogen-bond acceptors (Lipinski definition) is 0. The summed E-state index contributed by atoms with van der Waals surface area (Å²) < 4.78 is 49.0. The largest absolute Gasteiger partial charge is 0.309 e. The molecule has 3 aliphatic rings. The van der Waals surface area contributed by atoms with E-state index in [0.29, 0.717) is 5.19 Å². The van der Waals surface area contributed by atoms with Gasteiger partial charge in [0, 0.05) is 22.6 Å². The molecule has 12 rings (SSSR count). The van der Waals surface area contributed by atoms with Gasteiger partial charge in [0.15, 0.2) is 8.07 Å². The molecule has 1 aromatic heterocycles. The average Bonchev–Trinajstić information content (AvgIpc) is 3.64. The third kappa shape index (κ3) is 5.30. The Morgan fingerprint density at radius 2 is 0.933 bits per heavy atom. The standard InChI is InChI=1S/C58H51NSi/c1-57(2,3)38-32-34-49-47(36-38)48-37-39(58(4,5)6)33-35-50(48)59(49)51-30-18-28-45-53-43-26-16-17-27-44(43)56(54(45)51)55-46(53)29-19-31-52(55)60(40-20-10-7-11-21-40,41-22-12-8-13-23-41)42-24-14-9-15-25-42/h7-37,53,56H,1-6H3/i7D,10D,11D,20D,21D. The predicted molar refractivity (Wildman–Crippen MR) is 257 cm³/mol. The third-order valence-corrected chi connectivity index (χ3v) is 18.1. The van der Waals surface area contributed by atoms with Crippen molar-refractivity contribution in [1.29, 1.82) is 0 Å². The van der Waals surface area contributed by atoms with E-state index in [4.69, 9.17) is 4.11 Å². The first kappa shape index (κ1) is 31.7. The Morgan fingerprint density at radius 1 is 0.450 bits per heavy atom. The Hall–Kier alpha value is -6.22. The van der Waals surface area contributed by atoms with Crippen molar-refractivity contribution >= 4 is 50.6 Å². The monoisotopic (exact) mass is 794 g/mol. The highest BCUT2D eigenvalue weighted by molar-refractivity contribution is 7.20. The Morgan fingerprint density at radius 3 is 1.48 bits per heavy atom. The van der Waals surface area contributed by atoms with Gasteiger partial charge in [-0.3, -0.25) is 0 Å². The highest BCUT2D eigenvalue weighted by Crippen LogP contribution is 2.57. The lowest BCUT2D eigenvalue weighted by atomic mass is 9.60. The van der Waals surface area contributed by atoms with E-state index in [1.165, 1.54) is 55.3 Å². The molecule has 0 amide bonds. The lowest BCUT2D eigenvalue weighted by Gasteiger charge is -2.46. The maximum Gasteiger partial charge on any atom is 0.179 e. The normalized spacial score (nSPS) is 17.0.